The van der Waals surface area contributed by atoms with Crippen LogP contribution in [0.2, 0.25) is 0 Å². The molecular weight excluding hydrogens is 312 g/mol. The third-order valence-corrected chi connectivity index (χ3v) is 4.24. The summed E-state index contributed by atoms with van der Waals surface area (Å²) in [6, 6.07) is 11.1. The molecule has 5 nitrogen and oxygen atoms in total. The zero-order valence-corrected chi connectivity index (χ0v) is 13.8. The molecule has 0 saturated heterocycles. The molecule has 0 spiro atoms. The van der Waals surface area contributed by atoms with E-state index < -0.39 is 11.8 Å². The Balaban J connectivity index is 1.93. The normalized spacial score (nSPS) is 11.7. The average Bonchev–Trinajstić information content (AvgIpc) is 3.07. The molecule has 6 heteroatoms. The van der Waals surface area contributed by atoms with Crippen molar-refractivity contribution in [3.8, 4) is 5.75 Å². The summed E-state index contributed by atoms with van der Waals surface area (Å²) >= 11 is 1.36. The Kier molecular flexibility index (Phi) is 6.17. The number of carbonyl (C=O) groups is 2. The van der Waals surface area contributed by atoms with Crippen molar-refractivity contribution in [1.29, 1.82) is 0 Å². The fourth-order valence-corrected chi connectivity index (χ4v) is 2.80. The van der Waals surface area contributed by atoms with Crippen molar-refractivity contribution in [2.24, 2.45) is 11.7 Å². The first kappa shape index (κ1) is 17.0. The third-order valence-electron chi connectivity index (χ3n) is 3.37. The Morgan fingerprint density at radius 3 is 2.57 bits per heavy atom. The highest BCUT2D eigenvalue weighted by molar-refractivity contribution is 7.12. The highest BCUT2D eigenvalue weighted by atomic mass is 32.1. The monoisotopic (exact) mass is 332 g/mol. The highest BCUT2D eigenvalue weighted by Gasteiger charge is 2.18. The van der Waals surface area contributed by atoms with Crippen molar-refractivity contribution in [1.82, 2.24) is 5.32 Å². The van der Waals surface area contributed by atoms with Crippen LogP contribution in [0.5, 0.6) is 5.75 Å². The van der Waals surface area contributed by atoms with Crippen LogP contribution in [0, 0.1) is 5.92 Å². The number of hydrogen-bond acceptors (Lipinski definition) is 4. The van der Waals surface area contributed by atoms with Crippen LogP contribution in [-0.2, 0) is 11.2 Å². The highest BCUT2D eigenvalue weighted by Crippen LogP contribution is 2.15. The lowest BCUT2D eigenvalue weighted by Gasteiger charge is -2.14. The molecule has 0 unspecified atom stereocenters. The van der Waals surface area contributed by atoms with Gasteiger partial charge in [-0.15, -0.1) is 11.3 Å². The Hall–Kier alpha value is -2.34. The first-order chi connectivity index (χ1) is 11.1. The van der Waals surface area contributed by atoms with E-state index in [4.69, 9.17) is 10.5 Å². The molecule has 0 radical (unpaired) electrons. The summed E-state index contributed by atoms with van der Waals surface area (Å²) in [7, 11) is 0. The fourth-order valence-electron chi connectivity index (χ4n) is 2.16. The van der Waals surface area contributed by atoms with Gasteiger partial charge < -0.3 is 15.8 Å². The van der Waals surface area contributed by atoms with Gasteiger partial charge >= 0.3 is 0 Å². The van der Waals surface area contributed by atoms with Gasteiger partial charge in [-0.2, -0.15) is 0 Å². The topological polar surface area (TPSA) is 81.4 Å². The molecule has 0 fully saturated rings. The molecule has 2 amide bonds. The molecule has 2 aromatic rings. The van der Waals surface area contributed by atoms with Crippen LogP contribution in [0.25, 0.3) is 0 Å². The number of rotatable bonds is 8. The van der Waals surface area contributed by atoms with Crippen LogP contribution in [0.3, 0.4) is 0 Å². The first-order valence-corrected chi connectivity index (χ1v) is 8.31. The summed E-state index contributed by atoms with van der Waals surface area (Å²) in [5, 5.41) is 4.60. The standard InChI is InChI=1S/C17H20N2O3S/c1-2-22-14-7-5-12(6-8-14)10-13(16(18)20)11-19-17(21)15-4-3-9-23-15/h3-9,13H,2,10-11H2,1H3,(H2,18,20)(H,19,21)/t13-/m0/s1. The summed E-state index contributed by atoms with van der Waals surface area (Å²) in [4.78, 5) is 24.2. The van der Waals surface area contributed by atoms with E-state index in [1.54, 1.807) is 6.07 Å². The Labute approximate surface area is 139 Å². The molecule has 1 aromatic carbocycles. The van der Waals surface area contributed by atoms with Crippen LogP contribution in [0.1, 0.15) is 22.2 Å². The smallest absolute Gasteiger partial charge is 0.261 e. The van der Waals surface area contributed by atoms with Gasteiger partial charge in [-0.3, -0.25) is 9.59 Å². The van der Waals surface area contributed by atoms with Crippen LogP contribution in [0.4, 0.5) is 0 Å². The number of nitrogens with one attached hydrogen (secondary N) is 1. The number of amides is 2. The molecule has 0 aliphatic rings. The number of thiophene rings is 1. The fraction of sp³-hybridized carbons (Fsp3) is 0.294. The minimum absolute atomic E-state index is 0.182. The number of primary amides is 1. The molecule has 1 aromatic heterocycles. The molecule has 2 rings (SSSR count). The van der Waals surface area contributed by atoms with Gasteiger partial charge in [0.2, 0.25) is 5.91 Å². The van der Waals surface area contributed by atoms with Gasteiger partial charge in [0.1, 0.15) is 5.75 Å². The van der Waals surface area contributed by atoms with Crippen molar-refractivity contribution in [2.45, 2.75) is 13.3 Å². The molecule has 1 atom stereocenters. The lowest BCUT2D eigenvalue weighted by molar-refractivity contribution is -0.121. The second kappa shape index (κ2) is 8.33. The maximum atomic E-state index is 11.9. The van der Waals surface area contributed by atoms with E-state index in [0.29, 0.717) is 17.9 Å². The molecule has 0 saturated carbocycles. The molecule has 1 heterocycles. The lowest BCUT2D eigenvalue weighted by atomic mass is 9.98. The maximum Gasteiger partial charge on any atom is 0.261 e. The quantitative estimate of drug-likeness (QED) is 0.778. The van der Waals surface area contributed by atoms with Gasteiger partial charge in [-0.05, 0) is 42.5 Å². The minimum Gasteiger partial charge on any atom is -0.494 e. The molecule has 122 valence electrons. The van der Waals surface area contributed by atoms with Gasteiger partial charge in [0.15, 0.2) is 0 Å². The summed E-state index contributed by atoms with van der Waals surface area (Å²) in [5.41, 5.74) is 6.43. The van der Waals surface area contributed by atoms with E-state index in [0.717, 1.165) is 11.3 Å². The predicted molar refractivity (Wildman–Crippen MR) is 90.7 cm³/mol. The van der Waals surface area contributed by atoms with Crippen LogP contribution in [-0.4, -0.2) is 25.0 Å². The number of nitrogens with two attached hydrogens (primary N) is 1. The second-order valence-electron chi connectivity index (χ2n) is 5.07. The SMILES string of the molecule is CCOc1ccc(C[C@@H](CNC(=O)c2cccs2)C(N)=O)cc1. The first-order valence-electron chi connectivity index (χ1n) is 7.43. The van der Waals surface area contributed by atoms with Crippen LogP contribution >= 0.6 is 11.3 Å². The van der Waals surface area contributed by atoms with E-state index >= 15 is 0 Å². The lowest BCUT2D eigenvalue weighted by Crippen LogP contribution is -2.37. The molecule has 0 bridgehead atoms. The van der Waals surface area contributed by atoms with E-state index in [2.05, 4.69) is 5.32 Å². The average molecular weight is 332 g/mol. The van der Waals surface area contributed by atoms with Gasteiger partial charge in [0.05, 0.1) is 17.4 Å². The van der Waals surface area contributed by atoms with Gasteiger partial charge in [-0.25, -0.2) is 0 Å². The van der Waals surface area contributed by atoms with E-state index in [1.807, 2.05) is 42.6 Å². The minimum atomic E-state index is -0.447. The molecule has 0 aliphatic heterocycles. The van der Waals surface area contributed by atoms with Gasteiger partial charge in [0, 0.05) is 6.54 Å². The van der Waals surface area contributed by atoms with Crippen LogP contribution < -0.4 is 15.8 Å². The number of carbonyl (C=O) groups excluding carboxylic acids is 2. The zero-order valence-electron chi connectivity index (χ0n) is 13.0. The molecular formula is C17H20N2O3S. The predicted octanol–water partition coefficient (Wildman–Crippen LogP) is 2.22. The zero-order chi connectivity index (χ0) is 16.7. The largest absolute Gasteiger partial charge is 0.494 e. The van der Waals surface area contributed by atoms with Crippen molar-refractivity contribution in [3.05, 3.63) is 52.2 Å². The Bertz CT molecular complexity index is 638. The maximum absolute atomic E-state index is 11.9. The van der Waals surface area contributed by atoms with Crippen molar-refractivity contribution in [2.75, 3.05) is 13.2 Å². The summed E-state index contributed by atoms with van der Waals surface area (Å²) < 4.78 is 5.39. The van der Waals surface area contributed by atoms with E-state index in [-0.39, 0.29) is 12.5 Å². The van der Waals surface area contributed by atoms with Gasteiger partial charge in [0.25, 0.3) is 5.91 Å². The van der Waals surface area contributed by atoms with Gasteiger partial charge in [-0.1, -0.05) is 18.2 Å². The second-order valence-corrected chi connectivity index (χ2v) is 6.02. The Morgan fingerprint density at radius 2 is 2.00 bits per heavy atom. The summed E-state index contributed by atoms with van der Waals surface area (Å²) in [6.45, 7) is 2.75. The number of ether oxygens (including phenoxy) is 1. The summed E-state index contributed by atoms with van der Waals surface area (Å²) in [5.74, 6) is -0.266. The third kappa shape index (κ3) is 5.10. The number of hydrogen-bond donors (Lipinski definition) is 2. The van der Waals surface area contributed by atoms with Crippen molar-refractivity contribution >= 4 is 23.2 Å². The molecule has 23 heavy (non-hydrogen) atoms. The molecule has 3 N–H and O–H groups in total. The van der Waals surface area contributed by atoms with E-state index in [9.17, 15) is 9.59 Å². The van der Waals surface area contributed by atoms with Crippen molar-refractivity contribution < 1.29 is 14.3 Å². The Morgan fingerprint density at radius 1 is 1.26 bits per heavy atom. The summed E-state index contributed by atoms with van der Waals surface area (Å²) in [6.07, 6.45) is 0.479. The van der Waals surface area contributed by atoms with Crippen LogP contribution in [0.15, 0.2) is 41.8 Å². The van der Waals surface area contributed by atoms with E-state index in [1.165, 1.54) is 11.3 Å². The molecule has 0 aliphatic carbocycles. The van der Waals surface area contributed by atoms with Crippen molar-refractivity contribution in [3.63, 3.8) is 0 Å². The number of benzene rings is 1.